The zero-order valence-electron chi connectivity index (χ0n) is 14.9. The van der Waals surface area contributed by atoms with Crippen LogP contribution < -0.4 is 19.9 Å². The Labute approximate surface area is 149 Å². The first-order valence-corrected chi connectivity index (χ1v) is 8.91. The maximum absolute atomic E-state index is 12.5. The molecule has 0 aliphatic carbocycles. The third-order valence-electron chi connectivity index (χ3n) is 4.85. The molecule has 0 spiro atoms. The van der Waals surface area contributed by atoms with Gasteiger partial charge in [0, 0.05) is 5.69 Å². The number of amides is 1. The van der Waals surface area contributed by atoms with E-state index in [0.29, 0.717) is 0 Å². The molecule has 1 amide bonds. The fraction of sp³-hybridized carbons (Fsp3) is 0.350. The third-order valence-corrected chi connectivity index (χ3v) is 4.85. The lowest BCUT2D eigenvalue weighted by Gasteiger charge is -2.30. The Morgan fingerprint density at radius 3 is 2.20 bits per heavy atom. The first-order valence-electron chi connectivity index (χ1n) is 8.91. The Bertz CT molecular complexity index is 680. The van der Waals surface area contributed by atoms with Crippen LogP contribution in [0.15, 0.2) is 54.6 Å². The van der Waals surface area contributed by atoms with Crippen molar-refractivity contribution >= 4 is 11.6 Å². The van der Waals surface area contributed by atoms with Gasteiger partial charge in [-0.3, -0.25) is 4.79 Å². The van der Waals surface area contributed by atoms with Crippen LogP contribution in [0.5, 0.6) is 11.5 Å². The van der Waals surface area contributed by atoms with Gasteiger partial charge in [-0.15, -0.1) is 0 Å². The SMILES string of the molecule is C[C@H](C(=O)Nc1ccc(Oc2ccccc2)cc1)[NH+]1CC[NH+](C)CC1. The molecule has 1 fully saturated rings. The number of carbonyl (C=O) groups is 1. The summed E-state index contributed by atoms with van der Waals surface area (Å²) < 4.78 is 5.77. The molecule has 0 unspecified atom stereocenters. The Hall–Kier alpha value is -2.37. The average Bonchev–Trinajstić information content (AvgIpc) is 2.64. The molecule has 1 saturated heterocycles. The van der Waals surface area contributed by atoms with Gasteiger partial charge in [-0.05, 0) is 43.3 Å². The first-order chi connectivity index (χ1) is 12.1. The lowest BCUT2D eigenvalue weighted by atomic mass is 10.2. The van der Waals surface area contributed by atoms with Gasteiger partial charge in [-0.1, -0.05) is 18.2 Å². The molecule has 0 saturated carbocycles. The van der Waals surface area contributed by atoms with E-state index in [4.69, 9.17) is 4.74 Å². The molecule has 1 heterocycles. The minimum Gasteiger partial charge on any atom is -0.457 e. The summed E-state index contributed by atoms with van der Waals surface area (Å²) in [5.74, 6) is 1.63. The summed E-state index contributed by atoms with van der Waals surface area (Å²) in [4.78, 5) is 15.4. The second-order valence-corrected chi connectivity index (χ2v) is 6.77. The van der Waals surface area contributed by atoms with Gasteiger partial charge >= 0.3 is 0 Å². The summed E-state index contributed by atoms with van der Waals surface area (Å²) >= 11 is 0. The smallest absolute Gasteiger partial charge is 0.282 e. The number of hydrogen-bond donors (Lipinski definition) is 3. The summed E-state index contributed by atoms with van der Waals surface area (Å²) in [7, 11) is 2.21. The predicted molar refractivity (Wildman–Crippen MR) is 98.4 cm³/mol. The molecule has 0 bridgehead atoms. The summed E-state index contributed by atoms with van der Waals surface area (Å²) in [6.07, 6.45) is 0. The van der Waals surface area contributed by atoms with Gasteiger partial charge in [-0.2, -0.15) is 0 Å². The normalized spacial score (nSPS) is 21.4. The van der Waals surface area contributed by atoms with Crippen LogP contribution >= 0.6 is 0 Å². The largest absolute Gasteiger partial charge is 0.457 e. The second kappa shape index (κ2) is 8.14. The van der Waals surface area contributed by atoms with E-state index in [1.165, 1.54) is 4.90 Å². The van der Waals surface area contributed by atoms with Crippen LogP contribution in [-0.4, -0.2) is 45.2 Å². The van der Waals surface area contributed by atoms with Crippen LogP contribution in [0.1, 0.15) is 6.92 Å². The van der Waals surface area contributed by atoms with Crippen LogP contribution in [0.4, 0.5) is 5.69 Å². The number of anilines is 1. The zero-order chi connectivity index (χ0) is 17.6. The quantitative estimate of drug-likeness (QED) is 0.729. The van der Waals surface area contributed by atoms with Gasteiger partial charge in [0.1, 0.15) is 37.7 Å². The van der Waals surface area contributed by atoms with E-state index in [1.807, 2.05) is 61.5 Å². The van der Waals surface area contributed by atoms with Gasteiger partial charge in [0.05, 0.1) is 7.05 Å². The molecule has 1 aliphatic rings. The maximum Gasteiger partial charge on any atom is 0.282 e. The van der Waals surface area contributed by atoms with Crippen molar-refractivity contribution in [3.05, 3.63) is 54.6 Å². The van der Waals surface area contributed by atoms with E-state index >= 15 is 0 Å². The minimum absolute atomic E-state index is 0.0339. The van der Waals surface area contributed by atoms with Gasteiger partial charge in [0.15, 0.2) is 6.04 Å². The fourth-order valence-corrected chi connectivity index (χ4v) is 3.10. The van der Waals surface area contributed by atoms with Crippen molar-refractivity contribution in [1.29, 1.82) is 0 Å². The van der Waals surface area contributed by atoms with Gasteiger partial charge in [-0.25, -0.2) is 0 Å². The molecule has 3 N–H and O–H groups in total. The van der Waals surface area contributed by atoms with Gasteiger partial charge in [0.2, 0.25) is 0 Å². The minimum atomic E-state index is -0.0339. The van der Waals surface area contributed by atoms with E-state index in [2.05, 4.69) is 12.4 Å². The van der Waals surface area contributed by atoms with Crippen molar-refractivity contribution in [2.75, 3.05) is 38.5 Å². The zero-order valence-corrected chi connectivity index (χ0v) is 14.9. The number of rotatable bonds is 5. The van der Waals surface area contributed by atoms with Crippen molar-refractivity contribution < 1.29 is 19.3 Å². The monoisotopic (exact) mass is 341 g/mol. The Morgan fingerprint density at radius 2 is 1.56 bits per heavy atom. The van der Waals surface area contributed by atoms with E-state index in [0.717, 1.165) is 43.4 Å². The highest BCUT2D eigenvalue weighted by Crippen LogP contribution is 2.22. The predicted octanol–water partition coefficient (Wildman–Crippen LogP) is 0.219. The standard InChI is InChI=1S/C20H25N3O2/c1-16(23-14-12-22(2)13-15-23)20(24)21-17-8-10-19(11-9-17)25-18-6-4-3-5-7-18/h3-11,16H,12-15H2,1-2H3,(H,21,24)/p+2/t16-/m1/s1. The molecule has 2 aromatic rings. The highest BCUT2D eigenvalue weighted by Gasteiger charge is 2.29. The molecule has 132 valence electrons. The number of piperazine rings is 1. The number of quaternary nitrogens is 2. The average molecular weight is 341 g/mol. The Kier molecular flexibility index (Phi) is 5.68. The number of ether oxygens (including phenoxy) is 1. The molecular formula is C20H27N3O2+2. The van der Waals surface area contributed by atoms with E-state index < -0.39 is 0 Å². The van der Waals surface area contributed by atoms with Gasteiger partial charge < -0.3 is 19.9 Å². The number of likely N-dealkylation sites (N-methyl/N-ethyl adjacent to an activating group) is 1. The summed E-state index contributed by atoms with van der Waals surface area (Å²) in [5, 5.41) is 3.02. The molecule has 1 aliphatic heterocycles. The lowest BCUT2D eigenvalue weighted by Crippen LogP contribution is -3.29. The van der Waals surface area contributed by atoms with Crippen LogP contribution in [0, 0.1) is 0 Å². The number of carbonyl (C=O) groups excluding carboxylic acids is 1. The molecule has 5 heteroatoms. The number of nitrogens with one attached hydrogen (secondary N) is 3. The first kappa shape index (κ1) is 17.5. The van der Waals surface area contributed by atoms with Crippen LogP contribution in [0.25, 0.3) is 0 Å². The van der Waals surface area contributed by atoms with Crippen molar-refractivity contribution in [1.82, 2.24) is 0 Å². The van der Waals surface area contributed by atoms with Crippen LogP contribution in [0.2, 0.25) is 0 Å². The van der Waals surface area contributed by atoms with Crippen molar-refractivity contribution in [2.45, 2.75) is 13.0 Å². The molecule has 0 aromatic heterocycles. The molecule has 0 radical (unpaired) electrons. The lowest BCUT2D eigenvalue weighted by molar-refractivity contribution is -1.01. The number of benzene rings is 2. The summed E-state index contributed by atoms with van der Waals surface area (Å²) in [6.45, 7) is 6.35. The van der Waals surface area contributed by atoms with Gasteiger partial charge in [0.25, 0.3) is 5.91 Å². The summed E-state index contributed by atoms with van der Waals surface area (Å²) in [5.41, 5.74) is 0.802. The van der Waals surface area contributed by atoms with E-state index in [-0.39, 0.29) is 11.9 Å². The molecule has 2 aromatic carbocycles. The van der Waals surface area contributed by atoms with E-state index in [9.17, 15) is 4.79 Å². The Morgan fingerprint density at radius 1 is 0.960 bits per heavy atom. The third kappa shape index (κ3) is 4.81. The molecule has 1 atom stereocenters. The Balaban J connectivity index is 1.54. The topological polar surface area (TPSA) is 47.2 Å². The highest BCUT2D eigenvalue weighted by atomic mass is 16.5. The number of para-hydroxylation sites is 1. The van der Waals surface area contributed by atoms with Crippen molar-refractivity contribution in [3.63, 3.8) is 0 Å². The fourth-order valence-electron chi connectivity index (χ4n) is 3.10. The maximum atomic E-state index is 12.5. The summed E-state index contributed by atoms with van der Waals surface area (Å²) in [6, 6.07) is 17.1. The van der Waals surface area contributed by atoms with Crippen LogP contribution in [0.3, 0.4) is 0 Å². The van der Waals surface area contributed by atoms with E-state index in [1.54, 1.807) is 4.90 Å². The second-order valence-electron chi connectivity index (χ2n) is 6.77. The highest BCUT2D eigenvalue weighted by molar-refractivity contribution is 5.93. The number of hydrogen-bond acceptors (Lipinski definition) is 2. The molecule has 25 heavy (non-hydrogen) atoms. The molecular weight excluding hydrogens is 314 g/mol. The van der Waals surface area contributed by atoms with Crippen molar-refractivity contribution in [2.24, 2.45) is 0 Å². The van der Waals surface area contributed by atoms with Crippen LogP contribution in [-0.2, 0) is 4.79 Å². The molecule has 5 nitrogen and oxygen atoms in total. The molecule has 3 rings (SSSR count). The van der Waals surface area contributed by atoms with Crippen molar-refractivity contribution in [3.8, 4) is 11.5 Å².